The van der Waals surface area contributed by atoms with Gasteiger partial charge in [0.05, 0.1) is 12.2 Å². The first-order valence-corrected chi connectivity index (χ1v) is 72.6. The van der Waals surface area contributed by atoms with Crippen molar-refractivity contribution in [2.24, 2.45) is 26.5 Å². The van der Waals surface area contributed by atoms with Gasteiger partial charge in [0, 0.05) is 63.4 Å². The molecular formula is C103H182BrClLiN5O8Sn3. The summed E-state index contributed by atoms with van der Waals surface area (Å²) >= 11 is -2.82. The Morgan fingerprint density at radius 1 is 0.492 bits per heavy atom. The van der Waals surface area contributed by atoms with E-state index in [-0.39, 0.29) is 62.5 Å². The summed E-state index contributed by atoms with van der Waals surface area (Å²) in [6.07, 6.45) is 49.9. The van der Waals surface area contributed by atoms with E-state index < -0.39 is 65.1 Å². The van der Waals surface area contributed by atoms with Crippen LogP contribution >= 0.6 is 24.9 Å². The Morgan fingerprint density at radius 3 is 1.11 bits per heavy atom. The summed E-state index contributed by atoms with van der Waals surface area (Å²) in [4.78, 5) is 40.1. The van der Waals surface area contributed by atoms with Crippen LogP contribution in [-0.4, -0.2) is 183 Å². The number of hydrogen-bond donors (Lipinski definition) is 1. The summed E-state index contributed by atoms with van der Waals surface area (Å²) in [5.41, 5.74) is 9.46. The standard InChI is InChI=1S/C22H27N3O3.C19H23BrN2O2.C8H18.C4H6O.2C4H5O.10C4H9.2CH4.ClH.Li.3Sn/c1-25-19(26)22(24-20(25)23)18-13-15(5-4-12-27-2)6-7-16(18)14-21(22)10-8-17(28-3)9-11-21;1-12-21-19(17(23)22(12)2)16-10-14(20)5-4-13(16)11-18(19)8-6-15(24-3)7-9-18;1-3-5-7-8-6-4-2;3*1-3-4-5-2;10*1-3-4-2;;;;;;;/h6-7,13,17H,8-12,14H2,1-3H3,(H2,23,24);4-5,10,15H,6-9,11H2,1-3H3;3-8H2,1-2H3;1H,4H2,2H3;2*4H2,2H3;10*1,3-4H2,2H3;2*1H4;1H;;;;/q;;;;;;;;;;;;;;;-1;;;;+1;;;+1/p-1. The molecule has 6 aliphatic rings. The van der Waals surface area contributed by atoms with Gasteiger partial charge in [-0.15, -0.1) is 6.42 Å². The molecule has 2 aromatic carbocycles. The minimum atomic E-state index is -2.16. The Morgan fingerprint density at radius 2 is 0.820 bits per heavy atom. The third-order valence-electron chi connectivity index (χ3n) is 25.3. The number of fused-ring (bicyclic) bond motifs is 6. The first kappa shape index (κ1) is 124. The number of benzene rings is 2. The zero-order chi connectivity index (χ0) is 89.1. The van der Waals surface area contributed by atoms with Crippen LogP contribution in [0.1, 0.15) is 351 Å². The number of aliphatic imine (C=N–C) groups is 2. The van der Waals surface area contributed by atoms with Crippen LogP contribution in [0.15, 0.2) is 50.9 Å². The number of rotatable bonds is 39. The molecule has 2 atom stereocenters. The second-order valence-electron chi connectivity index (χ2n) is 34.5. The molecule has 2 N–H and O–H groups in total. The summed E-state index contributed by atoms with van der Waals surface area (Å²) in [6, 6.07) is 12.5. The van der Waals surface area contributed by atoms with Crippen molar-refractivity contribution in [1.82, 2.24) is 9.80 Å². The molecule has 2 fully saturated rings. The number of nitrogens with two attached hydrogens (primary N) is 1. The molecular weight excluding hydrogens is 1910 g/mol. The van der Waals surface area contributed by atoms with Gasteiger partial charge in [0.15, 0.2) is 17.0 Å². The van der Waals surface area contributed by atoms with Gasteiger partial charge in [0.2, 0.25) is 0 Å². The minimum Gasteiger partial charge on any atom is -0.381 e. The molecule has 13 nitrogen and oxygen atoms in total. The van der Waals surface area contributed by atoms with Gasteiger partial charge < -0.3 is 36.5 Å². The van der Waals surface area contributed by atoms with Gasteiger partial charge in [0.25, 0.3) is 11.8 Å². The van der Waals surface area contributed by atoms with Crippen molar-refractivity contribution in [2.45, 2.75) is 399 Å². The Bertz CT molecular complexity index is 3270. The summed E-state index contributed by atoms with van der Waals surface area (Å²) < 4.78 is 52.5. The molecule has 4 aliphatic carbocycles. The van der Waals surface area contributed by atoms with Crippen molar-refractivity contribution in [3.05, 3.63) is 75.6 Å². The number of nitrogens with zero attached hydrogens (tertiary/aromatic N) is 4. The smallest absolute Gasteiger partial charge is 0.381 e. The van der Waals surface area contributed by atoms with E-state index in [2.05, 4.69) is 172 Å². The van der Waals surface area contributed by atoms with Crippen LogP contribution in [0.25, 0.3) is 0 Å². The molecule has 2 amide bonds. The first-order valence-electron chi connectivity index (χ1n) is 47.1. The topological polar surface area (TPSA) is 147 Å². The number of guanidine groups is 1. The molecule has 2 heterocycles. The molecule has 2 unspecified atom stereocenters. The molecule has 4 spiro atoms. The summed E-state index contributed by atoms with van der Waals surface area (Å²) in [6.45, 7) is 34.9. The van der Waals surface area contributed by atoms with E-state index in [1.807, 2.05) is 26.1 Å². The van der Waals surface area contributed by atoms with Crippen LogP contribution in [-0.2, 0) is 61.9 Å². The summed E-state index contributed by atoms with van der Waals surface area (Å²) in [7, 11) is 20.7. The number of terminal acetylenes is 1. The number of ether oxygens (including phenoxy) is 6. The monoisotopic (exact) mass is 2100 g/mol. The van der Waals surface area contributed by atoms with Gasteiger partial charge in [0.1, 0.15) is 19.0 Å². The summed E-state index contributed by atoms with van der Waals surface area (Å²) in [5, 5.41) is 0. The molecule has 122 heavy (non-hydrogen) atoms. The van der Waals surface area contributed by atoms with Crippen LogP contribution in [0.3, 0.4) is 0 Å². The number of amidine groups is 1. The van der Waals surface area contributed by atoms with E-state index in [4.69, 9.17) is 54.7 Å². The average molecular weight is 2100 g/mol. The normalized spacial score (nSPS) is 19.8. The molecule has 694 valence electrons. The number of methoxy groups -OCH3 is 6. The second kappa shape index (κ2) is 72.0. The fourth-order valence-corrected chi connectivity index (χ4v) is 58.1. The molecule has 2 saturated carbocycles. The Kier molecular flexibility index (Phi) is 73.4. The number of halogens is 2. The SMILES string of the molecule is C.C.C#CCOC.CCCCCCCC.CCC[CH2][Sn]([C]#CCOC)([CH2]CCC)[CH2]CCC.CCC[CH2][Sn]([C]#CCOC)([CH2]CCC)[CH2]CCC.CCC[CH2][Sn]([Cl])([CH2]CCC)[CH2]CCC.COC1CCC2(CC1)Cc1ccc(Br)cc1C21N=C(C)N(C)C1=O.COCC#Cc1ccc2c(c1)C1(N=C(N)N(C)C1=O)C1(CCC(OC)CC1)C2.[CH2-]CCC.[Li+]. The van der Waals surface area contributed by atoms with E-state index in [1.165, 1.54) is 216 Å². The predicted octanol–water partition coefficient (Wildman–Crippen LogP) is 24.6. The number of unbranched alkanes of at least 4 members (excludes halogenated alkanes) is 15. The largest absolute Gasteiger partial charge is 1.00 e. The molecule has 0 aromatic heterocycles. The fourth-order valence-electron chi connectivity index (χ4n) is 17.8. The quantitative estimate of drug-likeness (QED) is 0.0299. The van der Waals surface area contributed by atoms with Gasteiger partial charge in [-0.05, 0) is 118 Å². The number of amides is 2. The van der Waals surface area contributed by atoms with E-state index in [0.717, 1.165) is 97.6 Å². The molecule has 8 rings (SSSR count). The zero-order valence-corrected chi connectivity index (χ0v) is 91.8. The van der Waals surface area contributed by atoms with Crippen LogP contribution in [0.4, 0.5) is 0 Å². The maximum absolute atomic E-state index is 13.5. The van der Waals surface area contributed by atoms with E-state index in [9.17, 15) is 9.59 Å². The molecule has 2 aromatic rings. The maximum Gasteiger partial charge on any atom is 1.00 e. The molecule has 0 radical (unpaired) electrons. The van der Waals surface area contributed by atoms with Gasteiger partial charge in [-0.1, -0.05) is 126 Å². The van der Waals surface area contributed by atoms with Gasteiger partial charge >= 0.3 is 356 Å². The van der Waals surface area contributed by atoms with Crippen LogP contribution in [0.2, 0.25) is 39.9 Å². The van der Waals surface area contributed by atoms with Gasteiger partial charge in [-0.2, -0.15) is 6.42 Å². The molecule has 19 heteroatoms. The van der Waals surface area contributed by atoms with E-state index in [0.29, 0.717) is 38.5 Å². The van der Waals surface area contributed by atoms with E-state index >= 15 is 0 Å². The first-order chi connectivity index (χ1) is 57.3. The van der Waals surface area contributed by atoms with Crippen molar-refractivity contribution < 1.29 is 56.9 Å². The summed E-state index contributed by atoms with van der Waals surface area (Å²) in [5.74, 6) is 16.3. The van der Waals surface area contributed by atoms with Crippen molar-refractivity contribution >= 4 is 102 Å². The Balaban J connectivity index is -0.00000140. The fraction of sp³-hybridized carbons (Fsp3) is 0.757. The molecule has 2 aliphatic heterocycles. The predicted molar refractivity (Wildman–Crippen MR) is 537 cm³/mol. The third kappa shape index (κ3) is 40.6. The molecule has 0 bridgehead atoms. The van der Waals surface area contributed by atoms with Crippen LogP contribution in [0.5, 0.6) is 0 Å². The second-order valence-corrected chi connectivity index (χ2v) is 76.2. The van der Waals surface area contributed by atoms with Crippen molar-refractivity contribution in [1.29, 1.82) is 0 Å². The number of carbonyl (C=O) groups is 2. The van der Waals surface area contributed by atoms with Crippen molar-refractivity contribution in [3.8, 4) is 43.9 Å². The minimum absolute atomic E-state index is 0. The van der Waals surface area contributed by atoms with Gasteiger partial charge in [-0.25, -0.2) is 4.99 Å². The maximum atomic E-state index is 13.5. The average Bonchev–Trinajstić information content (AvgIpc) is 1.53. The Labute approximate surface area is 789 Å². The molecule has 0 saturated heterocycles. The Hall–Kier alpha value is -1.72. The van der Waals surface area contributed by atoms with Crippen LogP contribution in [0, 0.1) is 61.7 Å². The number of likely N-dealkylation sites (N-methyl/N-ethyl adjacent to an activating group) is 2. The van der Waals surface area contributed by atoms with Crippen molar-refractivity contribution in [3.63, 3.8) is 0 Å². The number of carbonyl (C=O) groups excluding carboxylic acids is 2. The van der Waals surface area contributed by atoms with Crippen LogP contribution < -0.4 is 24.6 Å². The van der Waals surface area contributed by atoms with Crippen molar-refractivity contribution in [2.75, 3.05) is 83.2 Å². The zero-order valence-electron chi connectivity index (χ0n) is 80.9. The van der Waals surface area contributed by atoms with Gasteiger partial charge in [-0.3, -0.25) is 19.5 Å². The van der Waals surface area contributed by atoms with E-state index in [1.54, 1.807) is 54.6 Å². The third-order valence-corrected chi connectivity index (χ3v) is 66.8. The number of hydrogen-bond acceptors (Lipinski definition) is 11.